The second kappa shape index (κ2) is 1.65. The number of hydrogen-bond acceptors (Lipinski definition) is 1. The first-order chi connectivity index (χ1) is 2.89. The van der Waals surface area contributed by atoms with Gasteiger partial charge in [0.15, 0.2) is 0 Å². The minimum Gasteiger partial charge on any atom is -0.394 e. The van der Waals surface area contributed by atoms with Crippen molar-refractivity contribution >= 4 is 7.28 Å². The summed E-state index contributed by atoms with van der Waals surface area (Å²) in [4.78, 5) is 0. The van der Waals surface area contributed by atoms with E-state index in [4.69, 9.17) is 5.11 Å². The molecule has 0 saturated carbocycles. The summed E-state index contributed by atoms with van der Waals surface area (Å²) in [5.41, 5.74) is 0. The van der Waals surface area contributed by atoms with Gasteiger partial charge in [0.2, 0.25) is 0 Å². The van der Waals surface area contributed by atoms with Gasteiger partial charge in [-0.25, -0.2) is 0 Å². The topological polar surface area (TPSA) is 20.2 Å². The van der Waals surface area contributed by atoms with Crippen LogP contribution in [0.3, 0.4) is 0 Å². The lowest BCUT2D eigenvalue weighted by molar-refractivity contribution is 0.199. The van der Waals surface area contributed by atoms with E-state index in [1.807, 2.05) is 0 Å². The van der Waals surface area contributed by atoms with E-state index in [1.165, 1.54) is 0 Å². The molecule has 0 aromatic carbocycles. The molecule has 2 heteroatoms. The predicted molar refractivity (Wildman–Crippen MR) is 26.0 cm³/mol. The van der Waals surface area contributed by atoms with Gasteiger partial charge in [0.1, 0.15) is 7.28 Å². The third-order valence-corrected chi connectivity index (χ3v) is 1.14. The van der Waals surface area contributed by atoms with Crippen LogP contribution in [0.15, 0.2) is 0 Å². The molecule has 1 nitrogen and oxygen atoms in total. The molecule has 0 amide bonds. The van der Waals surface area contributed by atoms with Crippen LogP contribution in [0.4, 0.5) is 0 Å². The van der Waals surface area contributed by atoms with Crippen molar-refractivity contribution in [1.29, 1.82) is 0 Å². The molecule has 0 spiro atoms. The molecular formula is C4H8BO. The van der Waals surface area contributed by atoms with Crippen LogP contribution in [-0.2, 0) is 0 Å². The van der Waals surface area contributed by atoms with Crippen molar-refractivity contribution in [3.05, 3.63) is 0 Å². The van der Waals surface area contributed by atoms with E-state index in [-0.39, 0.29) is 6.10 Å². The highest BCUT2D eigenvalue weighted by Gasteiger charge is 2.10. The number of aliphatic hydroxyl groups excluding tert-OH is 1. The first kappa shape index (κ1) is 4.19. The van der Waals surface area contributed by atoms with Crippen molar-refractivity contribution in [3.63, 3.8) is 0 Å². The van der Waals surface area contributed by atoms with Crippen LogP contribution < -0.4 is 0 Å². The lowest BCUT2D eigenvalue weighted by atomic mass is 9.77. The summed E-state index contributed by atoms with van der Waals surface area (Å²) in [6.45, 7) is 0. The van der Waals surface area contributed by atoms with Gasteiger partial charge in [-0.1, -0.05) is 12.6 Å². The molecule has 1 aliphatic heterocycles. The van der Waals surface area contributed by atoms with Crippen LogP contribution >= 0.6 is 0 Å². The minimum absolute atomic E-state index is 0.00926. The van der Waals surface area contributed by atoms with Crippen molar-refractivity contribution < 1.29 is 5.11 Å². The summed E-state index contributed by atoms with van der Waals surface area (Å²) in [5.74, 6) is 0. The maximum atomic E-state index is 8.70. The molecular weight excluding hydrogens is 74.9 g/mol. The van der Waals surface area contributed by atoms with Gasteiger partial charge in [0, 0.05) is 6.10 Å². The van der Waals surface area contributed by atoms with E-state index in [0.717, 1.165) is 19.1 Å². The zero-order chi connectivity index (χ0) is 4.41. The van der Waals surface area contributed by atoms with Gasteiger partial charge in [-0.3, -0.25) is 0 Å². The first-order valence-corrected chi connectivity index (χ1v) is 2.39. The van der Waals surface area contributed by atoms with E-state index in [9.17, 15) is 0 Å². The number of hydrogen-bond donors (Lipinski definition) is 1. The summed E-state index contributed by atoms with van der Waals surface area (Å²) in [6.07, 6.45) is 3.01. The van der Waals surface area contributed by atoms with Gasteiger partial charge in [0.25, 0.3) is 0 Å². The Kier molecular flexibility index (Phi) is 1.15. The Morgan fingerprint density at radius 3 is 2.67 bits per heavy atom. The van der Waals surface area contributed by atoms with E-state index < -0.39 is 0 Å². The molecule has 1 radical (unpaired) electrons. The van der Waals surface area contributed by atoms with Crippen LogP contribution in [0.25, 0.3) is 0 Å². The second-order valence-electron chi connectivity index (χ2n) is 1.76. The van der Waals surface area contributed by atoms with Gasteiger partial charge in [-0.2, -0.15) is 0 Å². The monoisotopic (exact) mass is 83.1 g/mol. The summed E-state index contributed by atoms with van der Waals surface area (Å²) in [5, 5.41) is 8.70. The molecule has 1 rings (SSSR count). The van der Waals surface area contributed by atoms with Gasteiger partial charge in [0.05, 0.1) is 0 Å². The number of rotatable bonds is 0. The van der Waals surface area contributed by atoms with Crippen molar-refractivity contribution in [2.75, 3.05) is 0 Å². The summed E-state index contributed by atoms with van der Waals surface area (Å²) in [7, 11) is 2.13. The second-order valence-corrected chi connectivity index (χ2v) is 1.76. The summed E-state index contributed by atoms with van der Waals surface area (Å²) < 4.78 is 0. The van der Waals surface area contributed by atoms with Crippen LogP contribution in [0, 0.1) is 0 Å². The smallest absolute Gasteiger partial charge is 0.112 e. The maximum Gasteiger partial charge on any atom is 0.112 e. The zero-order valence-corrected chi connectivity index (χ0v) is 3.72. The lowest BCUT2D eigenvalue weighted by Gasteiger charge is -1.92. The highest BCUT2D eigenvalue weighted by molar-refractivity contribution is 6.36. The van der Waals surface area contributed by atoms with Crippen molar-refractivity contribution in [3.8, 4) is 0 Å². The third kappa shape index (κ3) is 0.746. The van der Waals surface area contributed by atoms with Crippen LogP contribution in [-0.4, -0.2) is 18.5 Å². The highest BCUT2D eigenvalue weighted by atomic mass is 16.3. The van der Waals surface area contributed by atoms with Crippen LogP contribution in [0.2, 0.25) is 12.6 Å². The largest absolute Gasteiger partial charge is 0.394 e. The van der Waals surface area contributed by atoms with Crippen molar-refractivity contribution in [2.45, 2.75) is 25.2 Å². The van der Waals surface area contributed by atoms with Crippen LogP contribution in [0.5, 0.6) is 0 Å². The fraction of sp³-hybridized carbons (Fsp3) is 1.00. The molecule has 0 unspecified atom stereocenters. The van der Waals surface area contributed by atoms with E-state index in [1.54, 1.807) is 0 Å². The predicted octanol–water partition coefficient (Wildman–Crippen LogP) is 0.292. The Morgan fingerprint density at radius 1 is 1.67 bits per heavy atom. The third-order valence-electron chi connectivity index (χ3n) is 1.14. The SMILES string of the molecule is O[C@@H]1C[B]CC1. The van der Waals surface area contributed by atoms with Crippen LogP contribution in [0.1, 0.15) is 6.42 Å². The van der Waals surface area contributed by atoms with E-state index >= 15 is 0 Å². The normalized spacial score (nSPS) is 33.2. The van der Waals surface area contributed by atoms with Gasteiger partial charge in [-0.15, -0.1) is 0 Å². The van der Waals surface area contributed by atoms with Gasteiger partial charge < -0.3 is 5.11 Å². The fourth-order valence-corrected chi connectivity index (χ4v) is 0.738. The molecule has 6 heavy (non-hydrogen) atoms. The molecule has 1 heterocycles. The highest BCUT2D eigenvalue weighted by Crippen LogP contribution is 2.11. The van der Waals surface area contributed by atoms with Gasteiger partial charge >= 0.3 is 0 Å². The Morgan fingerprint density at radius 2 is 2.50 bits per heavy atom. The summed E-state index contributed by atoms with van der Waals surface area (Å²) >= 11 is 0. The molecule has 1 aliphatic rings. The molecule has 1 N–H and O–H groups in total. The average Bonchev–Trinajstić information content (AvgIpc) is 1.86. The molecule has 0 aliphatic carbocycles. The first-order valence-electron chi connectivity index (χ1n) is 2.39. The Balaban J connectivity index is 2.18. The average molecular weight is 82.9 g/mol. The molecule has 0 aromatic rings. The molecule has 1 saturated heterocycles. The Bertz CT molecular complexity index is 40.8. The molecule has 0 bridgehead atoms. The van der Waals surface area contributed by atoms with Gasteiger partial charge in [-0.05, 0) is 6.42 Å². The Hall–Kier alpha value is 0.0249. The van der Waals surface area contributed by atoms with E-state index in [2.05, 4.69) is 7.28 Å². The van der Waals surface area contributed by atoms with Crippen molar-refractivity contribution in [1.82, 2.24) is 0 Å². The Labute approximate surface area is 38.6 Å². The molecule has 1 fully saturated rings. The van der Waals surface area contributed by atoms with E-state index in [0.29, 0.717) is 0 Å². The molecule has 1 atom stereocenters. The molecule has 0 aromatic heterocycles. The fourth-order valence-electron chi connectivity index (χ4n) is 0.738. The zero-order valence-electron chi connectivity index (χ0n) is 3.72. The summed E-state index contributed by atoms with van der Waals surface area (Å²) in [6, 6.07) is 0. The number of aliphatic hydroxyl groups is 1. The minimum atomic E-state index is -0.00926. The standard InChI is InChI=1S/C4H8BO/c6-4-1-2-5-3-4/h4,6H,1-3H2/t4-/m0/s1. The molecule has 33 valence electrons. The van der Waals surface area contributed by atoms with Crippen molar-refractivity contribution in [2.24, 2.45) is 0 Å². The lowest BCUT2D eigenvalue weighted by Crippen LogP contribution is -1.95. The maximum absolute atomic E-state index is 8.70. The quantitative estimate of drug-likeness (QED) is 0.417.